The van der Waals surface area contributed by atoms with Gasteiger partial charge in [-0.1, -0.05) is 11.8 Å². The van der Waals surface area contributed by atoms with E-state index < -0.39 is 12.7 Å². The molecular formula is C22H21F4N3O3. The summed E-state index contributed by atoms with van der Waals surface area (Å²) in [5.41, 5.74) is 2.31. The van der Waals surface area contributed by atoms with Crippen molar-refractivity contribution in [3.8, 4) is 17.6 Å². The average Bonchev–Trinajstić information content (AvgIpc) is 3.57. The molecule has 2 aromatic rings. The Hall–Kier alpha value is -3.32. The molecule has 6 nitrogen and oxygen atoms in total. The first-order chi connectivity index (χ1) is 15.4. The van der Waals surface area contributed by atoms with Crippen molar-refractivity contribution >= 4 is 11.7 Å². The smallest absolute Gasteiger partial charge is 0.379 e. The van der Waals surface area contributed by atoms with Crippen LogP contribution in [0.2, 0.25) is 0 Å². The van der Waals surface area contributed by atoms with E-state index in [9.17, 15) is 22.4 Å². The highest BCUT2D eigenvalue weighted by atomic mass is 19.4. The van der Waals surface area contributed by atoms with Gasteiger partial charge in [0.15, 0.2) is 0 Å². The molecule has 3 N–H and O–H groups in total. The Balaban J connectivity index is 0.000000668. The van der Waals surface area contributed by atoms with Crippen LogP contribution >= 0.6 is 0 Å². The number of rotatable bonds is 5. The van der Waals surface area contributed by atoms with Crippen molar-refractivity contribution in [3.05, 3.63) is 53.1 Å². The third kappa shape index (κ3) is 6.85. The first kappa shape index (κ1) is 23.3. The summed E-state index contributed by atoms with van der Waals surface area (Å²) in [6.07, 6.45) is 3.99. The maximum atomic E-state index is 14.7. The summed E-state index contributed by atoms with van der Waals surface area (Å²) >= 11 is 0. The Morgan fingerprint density at radius 3 is 2.59 bits per heavy atom. The highest BCUT2D eigenvalue weighted by molar-refractivity contribution is 5.93. The highest BCUT2D eigenvalue weighted by Gasteiger charge is 2.26. The molecule has 4 rings (SSSR count). The number of aromatic nitrogens is 1. The molecule has 1 atom stereocenters. The number of amides is 2. The molecule has 2 amide bonds. The zero-order chi connectivity index (χ0) is 23.1. The van der Waals surface area contributed by atoms with Gasteiger partial charge in [-0.15, -0.1) is 0 Å². The van der Waals surface area contributed by atoms with Crippen molar-refractivity contribution in [2.24, 2.45) is 5.92 Å². The van der Waals surface area contributed by atoms with Crippen molar-refractivity contribution in [2.45, 2.75) is 32.0 Å². The average molecular weight is 451 g/mol. The Labute approximate surface area is 182 Å². The van der Waals surface area contributed by atoms with Crippen LogP contribution in [-0.4, -0.2) is 36.0 Å². The number of ether oxygens (including phenoxy) is 1. The maximum Gasteiger partial charge on any atom is 0.379 e. The number of anilines is 1. The van der Waals surface area contributed by atoms with E-state index in [4.69, 9.17) is 9.84 Å². The van der Waals surface area contributed by atoms with Crippen molar-refractivity contribution < 1.29 is 32.2 Å². The van der Waals surface area contributed by atoms with Gasteiger partial charge in [-0.25, -0.2) is 9.18 Å². The second kappa shape index (κ2) is 10.8. The van der Waals surface area contributed by atoms with E-state index in [0.717, 1.165) is 12.8 Å². The Kier molecular flexibility index (Phi) is 7.89. The van der Waals surface area contributed by atoms with E-state index in [0.29, 0.717) is 34.2 Å². The monoisotopic (exact) mass is 451 g/mol. The summed E-state index contributed by atoms with van der Waals surface area (Å²) in [7, 11) is 0. The number of fused-ring (bicyclic) bond motifs is 1. The van der Waals surface area contributed by atoms with Crippen LogP contribution in [0, 0.1) is 23.6 Å². The number of carbonyl (C=O) groups is 1. The number of urea groups is 1. The molecule has 170 valence electrons. The second-order valence-corrected chi connectivity index (χ2v) is 7.11. The van der Waals surface area contributed by atoms with Gasteiger partial charge in [-0.3, -0.25) is 4.98 Å². The summed E-state index contributed by atoms with van der Waals surface area (Å²) in [4.78, 5) is 16.2. The number of pyridine rings is 1. The lowest BCUT2D eigenvalue weighted by Crippen LogP contribution is -2.37. The fraction of sp³-hybridized carbons (Fsp3) is 0.364. The Morgan fingerprint density at radius 2 is 1.97 bits per heavy atom. The predicted octanol–water partition coefficient (Wildman–Crippen LogP) is 3.95. The predicted molar refractivity (Wildman–Crippen MR) is 109 cm³/mol. The van der Waals surface area contributed by atoms with Crippen molar-refractivity contribution in [3.63, 3.8) is 0 Å². The summed E-state index contributed by atoms with van der Waals surface area (Å²) in [6, 6.07) is 5.70. The number of aliphatic hydroxyl groups is 1. The molecular weight excluding hydrogens is 430 g/mol. The van der Waals surface area contributed by atoms with Crippen LogP contribution in [-0.2, 0) is 6.42 Å². The van der Waals surface area contributed by atoms with Gasteiger partial charge < -0.3 is 20.5 Å². The van der Waals surface area contributed by atoms with Crippen LogP contribution in [0.1, 0.15) is 35.7 Å². The number of carbonyl (C=O) groups excluding carboxylic acids is 1. The van der Waals surface area contributed by atoms with Gasteiger partial charge in [-0.2, -0.15) is 13.2 Å². The molecule has 1 fully saturated rings. The zero-order valence-corrected chi connectivity index (χ0v) is 16.9. The minimum absolute atomic E-state index is 0.0747. The van der Waals surface area contributed by atoms with E-state index in [1.807, 2.05) is 0 Å². The molecule has 2 heterocycles. The standard InChI is InChI=1S/C21H20FN3O3.CHF3/c22-18-11-17-19(6-3-13-1-2-13)24-21(27)25-20(17)10-14(18)9-15-4-5-16(12-23-15)28-8-7-26;2-1(3)4/h4-5,10-13,19,26H,1-2,7-9H2,(H2,24,25,27);1H. The van der Waals surface area contributed by atoms with Crippen molar-refractivity contribution in [2.75, 3.05) is 18.5 Å². The van der Waals surface area contributed by atoms with Gasteiger partial charge in [0.05, 0.1) is 12.8 Å². The molecule has 1 aliphatic heterocycles. The number of aliphatic hydroxyl groups excluding tert-OH is 1. The van der Waals surface area contributed by atoms with Crippen LogP contribution in [0.25, 0.3) is 0 Å². The minimum Gasteiger partial charge on any atom is -0.490 e. The van der Waals surface area contributed by atoms with E-state index >= 15 is 0 Å². The summed E-state index contributed by atoms with van der Waals surface area (Å²) in [5.74, 6) is 6.76. The van der Waals surface area contributed by atoms with Gasteiger partial charge in [0, 0.05) is 29.3 Å². The largest absolute Gasteiger partial charge is 0.490 e. The SMILES string of the molecule is FC(F)F.O=C1Nc2cc(Cc3ccc(OCCO)cn3)c(F)cc2C(C#CC2CC2)N1. The fourth-order valence-electron chi connectivity index (χ4n) is 2.99. The highest BCUT2D eigenvalue weighted by Crippen LogP contribution is 2.32. The summed E-state index contributed by atoms with van der Waals surface area (Å²) in [5, 5.41) is 14.2. The molecule has 0 radical (unpaired) electrons. The lowest BCUT2D eigenvalue weighted by Gasteiger charge is -2.24. The topological polar surface area (TPSA) is 83.5 Å². The van der Waals surface area contributed by atoms with Crippen LogP contribution in [0.15, 0.2) is 30.5 Å². The van der Waals surface area contributed by atoms with Gasteiger partial charge in [0.1, 0.15) is 24.2 Å². The molecule has 0 bridgehead atoms. The first-order valence-electron chi connectivity index (χ1n) is 9.87. The summed E-state index contributed by atoms with van der Waals surface area (Å²) < 4.78 is 49.0. The van der Waals surface area contributed by atoms with E-state index in [1.165, 1.54) is 12.3 Å². The molecule has 1 aliphatic carbocycles. The number of nitrogens with zero attached hydrogens (tertiary/aromatic N) is 1. The van der Waals surface area contributed by atoms with Crippen LogP contribution in [0.3, 0.4) is 0 Å². The lowest BCUT2D eigenvalue weighted by atomic mass is 9.98. The molecule has 32 heavy (non-hydrogen) atoms. The molecule has 1 saturated carbocycles. The molecule has 0 spiro atoms. The normalized spacial score (nSPS) is 16.6. The molecule has 1 aromatic carbocycles. The van der Waals surface area contributed by atoms with E-state index in [2.05, 4.69) is 27.5 Å². The minimum atomic E-state index is -3.67. The quantitative estimate of drug-likeness (QED) is 0.475. The van der Waals surface area contributed by atoms with Gasteiger partial charge in [-0.05, 0) is 42.7 Å². The zero-order valence-electron chi connectivity index (χ0n) is 16.9. The molecule has 0 saturated heterocycles. The molecule has 1 aromatic heterocycles. The molecule has 2 aliphatic rings. The number of alkyl halides is 3. The number of benzene rings is 1. The summed E-state index contributed by atoms with van der Waals surface area (Å²) in [6.45, 7) is -3.55. The van der Waals surface area contributed by atoms with Gasteiger partial charge in [0.25, 0.3) is 0 Å². The Bertz CT molecular complexity index is 999. The second-order valence-electron chi connectivity index (χ2n) is 7.11. The molecule has 10 heteroatoms. The number of nitrogens with one attached hydrogen (secondary N) is 2. The van der Waals surface area contributed by atoms with Crippen molar-refractivity contribution in [1.82, 2.24) is 10.3 Å². The van der Waals surface area contributed by atoms with Gasteiger partial charge >= 0.3 is 12.7 Å². The van der Waals surface area contributed by atoms with Crippen LogP contribution in [0.4, 0.5) is 28.0 Å². The first-order valence-corrected chi connectivity index (χ1v) is 9.87. The third-order valence-corrected chi connectivity index (χ3v) is 4.59. The Morgan fingerprint density at radius 1 is 1.22 bits per heavy atom. The van der Waals surface area contributed by atoms with Crippen molar-refractivity contribution in [1.29, 1.82) is 0 Å². The third-order valence-electron chi connectivity index (χ3n) is 4.59. The van der Waals surface area contributed by atoms with Crippen LogP contribution in [0.5, 0.6) is 5.75 Å². The van der Waals surface area contributed by atoms with E-state index in [1.54, 1.807) is 18.2 Å². The molecule has 1 unspecified atom stereocenters. The lowest BCUT2D eigenvalue weighted by molar-refractivity contribution is 0.00819. The number of hydrogen-bond donors (Lipinski definition) is 3. The maximum absolute atomic E-state index is 14.7. The number of halogens is 4. The van der Waals surface area contributed by atoms with Crippen LogP contribution < -0.4 is 15.4 Å². The number of hydrogen-bond acceptors (Lipinski definition) is 4. The fourth-order valence-corrected chi connectivity index (χ4v) is 2.99. The van der Waals surface area contributed by atoms with E-state index in [-0.39, 0.29) is 31.5 Å². The van der Waals surface area contributed by atoms with Gasteiger partial charge in [0.2, 0.25) is 0 Å².